The molecule has 4 fully saturated rings. The van der Waals surface area contributed by atoms with Gasteiger partial charge in [-0.2, -0.15) is 9.97 Å². The number of hydrogen-bond acceptors (Lipinski definition) is 13. The van der Waals surface area contributed by atoms with Crippen LogP contribution in [-0.4, -0.2) is 161 Å². The second kappa shape index (κ2) is 21.3. The quantitative estimate of drug-likeness (QED) is 0.0922. The molecule has 18 heteroatoms. The maximum atomic E-state index is 17.0. The van der Waals surface area contributed by atoms with Crippen LogP contribution >= 0.6 is 0 Å². The molecule has 72 heavy (non-hydrogen) atoms. The molecule has 5 aliphatic rings. The number of nitrogens with zero attached hydrogens (tertiary/aromatic N) is 9. The summed E-state index contributed by atoms with van der Waals surface area (Å²) in [7, 11) is 1.91. The van der Waals surface area contributed by atoms with Crippen LogP contribution in [0.25, 0.3) is 32.9 Å². The van der Waals surface area contributed by atoms with Gasteiger partial charge in [-0.15, -0.1) is 12.3 Å². The second-order valence-electron chi connectivity index (χ2n) is 19.7. The van der Waals surface area contributed by atoms with Crippen LogP contribution in [0, 0.1) is 23.6 Å². The molecule has 10 rings (SSSR count). The van der Waals surface area contributed by atoms with E-state index in [1.54, 1.807) is 24.1 Å². The Balaban J connectivity index is 0.00000208. The Bertz CT molecular complexity index is 2910. The highest BCUT2D eigenvalue weighted by atomic mass is 19.1. The summed E-state index contributed by atoms with van der Waals surface area (Å²) in [6.45, 7) is 13.9. The Morgan fingerprint density at radius 1 is 1.00 bits per heavy atom. The minimum Gasteiger partial charge on any atom is -0.508 e. The Hall–Kier alpha value is -7.10. The van der Waals surface area contributed by atoms with Crippen LogP contribution < -0.4 is 25.2 Å². The molecule has 2 aromatic heterocycles. The van der Waals surface area contributed by atoms with Crippen LogP contribution in [0.3, 0.4) is 0 Å². The minimum atomic E-state index is -0.654. The van der Waals surface area contributed by atoms with E-state index in [0.29, 0.717) is 94.3 Å². The van der Waals surface area contributed by atoms with E-state index < -0.39 is 17.8 Å². The molecule has 0 spiro atoms. The van der Waals surface area contributed by atoms with Crippen molar-refractivity contribution >= 4 is 56.9 Å². The van der Waals surface area contributed by atoms with Crippen LogP contribution in [0.2, 0.25) is 0 Å². The molecule has 3 aromatic carbocycles. The number of pyridine rings is 1. The van der Waals surface area contributed by atoms with Gasteiger partial charge in [0.1, 0.15) is 28.8 Å². The number of aromatic nitrogens is 3. The number of piperazine rings is 2. The monoisotopic (exact) mass is 982 g/mol. The predicted octanol–water partition coefficient (Wildman–Crippen LogP) is 5.63. The molecule has 5 aromatic rings. The maximum Gasteiger partial charge on any atom is 0.320 e. The predicted molar refractivity (Wildman–Crippen MR) is 274 cm³/mol. The summed E-state index contributed by atoms with van der Waals surface area (Å²) >= 11 is 0. The third-order valence-electron chi connectivity index (χ3n) is 14.6. The standard InChI is InChI=1S/C51H60FN11O6.C3H4/c1-4-15-62(28-32(2)53-3)46-40-27-54-44(39-26-36(64)25-33-7-5-6-8-37(33)39)43(52)45(40)56-49(57-46)69-31-51(13-14-51)30-58-16-18-60(19-17-58)50(68)61-22-20-59(21-23-61)35-9-10-38-34(24-35)29-63(48(38)67)41-11-12-42(65)55-47(41)66;1-3-2/h5-10,24-27,32,41,53,64H,4,11-23,28-31H2,1-3H3,(H,55,65,66);1H,2H3. The number of terminal acetylenes is 1. The smallest absolute Gasteiger partial charge is 0.320 e. The second-order valence-corrected chi connectivity index (χ2v) is 19.7. The van der Waals surface area contributed by atoms with E-state index in [2.05, 4.69) is 56.5 Å². The first-order valence-electron chi connectivity index (χ1n) is 25.1. The zero-order chi connectivity index (χ0) is 50.7. The van der Waals surface area contributed by atoms with Crippen molar-refractivity contribution < 1.29 is 33.4 Å². The largest absolute Gasteiger partial charge is 0.508 e. The number of anilines is 2. The molecule has 1 saturated carbocycles. The van der Waals surface area contributed by atoms with Crippen molar-refractivity contribution in [1.82, 2.24) is 45.2 Å². The summed E-state index contributed by atoms with van der Waals surface area (Å²) in [6, 6.07) is 16.1. The summed E-state index contributed by atoms with van der Waals surface area (Å²) in [5.74, 6) is 1.30. The van der Waals surface area contributed by atoms with Crippen LogP contribution in [0.4, 0.5) is 20.7 Å². The number of urea groups is 1. The molecular formula is C54H64FN11O6. The fourth-order valence-electron chi connectivity index (χ4n) is 10.4. The van der Waals surface area contributed by atoms with Gasteiger partial charge in [-0.3, -0.25) is 29.6 Å². The molecule has 17 nitrogen and oxygen atoms in total. The average molecular weight is 982 g/mol. The first-order chi connectivity index (χ1) is 34.8. The fourth-order valence-corrected chi connectivity index (χ4v) is 10.4. The lowest BCUT2D eigenvalue weighted by Crippen LogP contribution is -2.57. The van der Waals surface area contributed by atoms with Gasteiger partial charge in [0.15, 0.2) is 5.82 Å². The van der Waals surface area contributed by atoms with E-state index in [-0.39, 0.29) is 58.7 Å². The van der Waals surface area contributed by atoms with Gasteiger partial charge in [0, 0.05) is 119 Å². The normalized spacial score (nSPS) is 19.1. The first kappa shape index (κ1) is 49.9. The van der Waals surface area contributed by atoms with E-state index in [9.17, 15) is 24.3 Å². The number of likely N-dealkylation sites (N-methyl/N-ethyl adjacent to an activating group) is 1. The van der Waals surface area contributed by atoms with E-state index in [0.717, 1.165) is 60.9 Å². The topological polar surface area (TPSA) is 180 Å². The number of benzene rings is 3. The van der Waals surface area contributed by atoms with Gasteiger partial charge in [-0.05, 0) is 93.2 Å². The van der Waals surface area contributed by atoms with Crippen molar-refractivity contribution in [3.05, 3.63) is 77.7 Å². The molecule has 5 amide bonds. The maximum absolute atomic E-state index is 17.0. The molecule has 0 radical (unpaired) electrons. The minimum absolute atomic E-state index is 0.0167. The number of piperidine rings is 1. The van der Waals surface area contributed by atoms with Gasteiger partial charge in [0.25, 0.3) is 5.91 Å². The zero-order valence-electron chi connectivity index (χ0n) is 41.6. The number of phenols is 1. The molecule has 3 N–H and O–H groups in total. The van der Waals surface area contributed by atoms with Crippen molar-refractivity contribution in [3.8, 4) is 35.4 Å². The SMILES string of the molecule is C#CC.CCCN(CC(C)NC)c1nc(OCC2(CN3CCN(C(=O)N4CCN(c5ccc6c(c5)CN(C5CCC(=O)NC5=O)C6=O)CC4)CC3)CC2)nc2c(F)c(-c3cc(O)cc4ccccc34)ncc12. The lowest BCUT2D eigenvalue weighted by Gasteiger charge is -2.41. The molecule has 2 unspecified atom stereocenters. The summed E-state index contributed by atoms with van der Waals surface area (Å²) in [5.41, 5.74) is 2.98. The van der Waals surface area contributed by atoms with E-state index in [4.69, 9.17) is 14.7 Å². The highest BCUT2D eigenvalue weighted by Crippen LogP contribution is 2.47. The summed E-state index contributed by atoms with van der Waals surface area (Å²) in [6.07, 6.45) is 9.56. The number of aromatic hydroxyl groups is 1. The lowest BCUT2D eigenvalue weighted by molar-refractivity contribution is -0.136. The molecule has 1 aliphatic carbocycles. The Morgan fingerprint density at radius 2 is 1.72 bits per heavy atom. The number of imide groups is 1. The number of fused-ring (bicyclic) bond motifs is 3. The van der Waals surface area contributed by atoms with Gasteiger partial charge in [0.2, 0.25) is 11.8 Å². The number of phenolic OH excluding ortho intramolecular Hbond substituents is 1. The van der Waals surface area contributed by atoms with Crippen LogP contribution in [-0.2, 0) is 16.1 Å². The van der Waals surface area contributed by atoms with Crippen molar-refractivity contribution in [2.75, 3.05) is 95.4 Å². The van der Waals surface area contributed by atoms with Crippen molar-refractivity contribution in [2.24, 2.45) is 5.41 Å². The number of carbonyl (C=O) groups is 4. The lowest BCUT2D eigenvalue weighted by atomic mass is 10.0. The highest BCUT2D eigenvalue weighted by Gasteiger charge is 2.46. The number of rotatable bonds is 14. The van der Waals surface area contributed by atoms with Gasteiger partial charge < -0.3 is 39.7 Å². The van der Waals surface area contributed by atoms with Crippen LogP contribution in [0.1, 0.15) is 68.8 Å². The summed E-state index contributed by atoms with van der Waals surface area (Å²) in [4.78, 5) is 77.8. The molecule has 0 bridgehead atoms. The number of nitrogens with one attached hydrogen (secondary N) is 2. The van der Waals surface area contributed by atoms with Crippen molar-refractivity contribution in [2.45, 2.75) is 71.5 Å². The van der Waals surface area contributed by atoms with Crippen molar-refractivity contribution in [1.29, 1.82) is 0 Å². The Morgan fingerprint density at radius 3 is 2.42 bits per heavy atom. The summed E-state index contributed by atoms with van der Waals surface area (Å²) in [5, 5.41) is 18.3. The molecule has 4 aliphatic heterocycles. The number of halogens is 1. The Labute approximate surface area is 419 Å². The average Bonchev–Trinajstić information content (AvgIpc) is 4.08. The van der Waals surface area contributed by atoms with E-state index >= 15 is 4.39 Å². The fraction of sp³-hybridized carbons (Fsp3) is 0.463. The van der Waals surface area contributed by atoms with Crippen LogP contribution in [0.5, 0.6) is 11.8 Å². The number of hydrogen-bond donors (Lipinski definition) is 3. The Kier molecular flexibility index (Phi) is 14.8. The summed E-state index contributed by atoms with van der Waals surface area (Å²) < 4.78 is 23.5. The molecule has 378 valence electrons. The molecule has 2 atom stereocenters. The highest BCUT2D eigenvalue weighted by molar-refractivity contribution is 6.05. The number of ether oxygens (including phenoxy) is 1. The van der Waals surface area contributed by atoms with E-state index in [1.807, 2.05) is 59.3 Å². The zero-order valence-corrected chi connectivity index (χ0v) is 41.6. The van der Waals surface area contributed by atoms with Gasteiger partial charge >= 0.3 is 12.0 Å². The van der Waals surface area contributed by atoms with E-state index in [1.165, 1.54) is 6.07 Å². The molecular weight excluding hydrogens is 918 g/mol. The van der Waals surface area contributed by atoms with Crippen molar-refractivity contribution in [3.63, 3.8) is 0 Å². The molecule has 3 saturated heterocycles. The van der Waals surface area contributed by atoms with Crippen LogP contribution in [0.15, 0.2) is 60.8 Å². The first-order valence-corrected chi connectivity index (χ1v) is 25.1. The third-order valence-corrected chi connectivity index (χ3v) is 14.6. The van der Waals surface area contributed by atoms with Gasteiger partial charge in [0.05, 0.1) is 12.0 Å². The number of carbonyl (C=O) groups excluding carboxylic acids is 4. The van der Waals surface area contributed by atoms with Gasteiger partial charge in [-0.1, -0.05) is 31.2 Å². The van der Waals surface area contributed by atoms with Gasteiger partial charge in [-0.25, -0.2) is 9.18 Å². The number of amides is 5. The molecule has 6 heterocycles. The third kappa shape index (κ3) is 10.4.